The SMILES string of the molecule is CC=C1CC2CC(OCC(C)C)C1C2. The third kappa shape index (κ3) is 1.88. The molecule has 0 aromatic rings. The van der Waals surface area contributed by atoms with Crippen LogP contribution < -0.4 is 0 Å². The molecule has 0 amide bonds. The van der Waals surface area contributed by atoms with Gasteiger partial charge in [-0.05, 0) is 38.0 Å². The number of hydrogen-bond donors (Lipinski definition) is 0. The van der Waals surface area contributed by atoms with Crippen molar-refractivity contribution in [2.75, 3.05) is 6.61 Å². The van der Waals surface area contributed by atoms with Crippen molar-refractivity contribution in [1.29, 1.82) is 0 Å². The molecule has 1 nitrogen and oxygen atoms in total. The first kappa shape index (κ1) is 10.2. The molecule has 0 aliphatic heterocycles. The van der Waals surface area contributed by atoms with Crippen molar-refractivity contribution in [2.45, 2.75) is 46.1 Å². The van der Waals surface area contributed by atoms with Gasteiger partial charge in [-0.2, -0.15) is 0 Å². The quantitative estimate of drug-likeness (QED) is 0.626. The van der Waals surface area contributed by atoms with Crippen LogP contribution in [0.5, 0.6) is 0 Å². The molecule has 0 heterocycles. The molecule has 3 unspecified atom stereocenters. The minimum absolute atomic E-state index is 0.544. The van der Waals surface area contributed by atoms with Crippen molar-refractivity contribution in [3.63, 3.8) is 0 Å². The van der Waals surface area contributed by atoms with Crippen molar-refractivity contribution in [3.8, 4) is 0 Å². The van der Waals surface area contributed by atoms with Gasteiger partial charge in [0.2, 0.25) is 0 Å². The zero-order valence-electron chi connectivity index (χ0n) is 9.62. The van der Waals surface area contributed by atoms with Crippen LogP contribution in [0.3, 0.4) is 0 Å². The Morgan fingerprint density at radius 3 is 2.79 bits per heavy atom. The van der Waals surface area contributed by atoms with Crippen molar-refractivity contribution in [1.82, 2.24) is 0 Å². The number of hydrogen-bond acceptors (Lipinski definition) is 1. The largest absolute Gasteiger partial charge is 0.377 e. The molecule has 0 saturated heterocycles. The summed E-state index contributed by atoms with van der Waals surface area (Å²) in [4.78, 5) is 0. The first-order valence-electron chi connectivity index (χ1n) is 5.97. The predicted octanol–water partition coefficient (Wildman–Crippen LogP) is 3.40. The monoisotopic (exact) mass is 194 g/mol. The summed E-state index contributed by atoms with van der Waals surface area (Å²) in [6, 6.07) is 0. The molecule has 0 spiro atoms. The fraction of sp³-hybridized carbons (Fsp3) is 0.846. The fourth-order valence-electron chi connectivity index (χ4n) is 2.97. The van der Waals surface area contributed by atoms with Crippen LogP contribution in [0.4, 0.5) is 0 Å². The van der Waals surface area contributed by atoms with E-state index in [1.807, 2.05) is 0 Å². The van der Waals surface area contributed by atoms with Gasteiger partial charge in [0.05, 0.1) is 6.10 Å². The zero-order chi connectivity index (χ0) is 10.1. The highest BCUT2D eigenvalue weighted by atomic mass is 16.5. The molecule has 0 aromatic heterocycles. The minimum Gasteiger partial charge on any atom is -0.377 e. The van der Waals surface area contributed by atoms with E-state index in [9.17, 15) is 0 Å². The second-order valence-electron chi connectivity index (χ2n) is 5.28. The van der Waals surface area contributed by atoms with Gasteiger partial charge in [-0.25, -0.2) is 0 Å². The van der Waals surface area contributed by atoms with E-state index >= 15 is 0 Å². The van der Waals surface area contributed by atoms with E-state index in [1.165, 1.54) is 19.3 Å². The summed E-state index contributed by atoms with van der Waals surface area (Å²) in [6.45, 7) is 7.56. The maximum Gasteiger partial charge on any atom is 0.0643 e. The van der Waals surface area contributed by atoms with E-state index < -0.39 is 0 Å². The number of allylic oxidation sites excluding steroid dienone is 1. The molecule has 2 bridgehead atoms. The first-order valence-corrected chi connectivity index (χ1v) is 5.97. The summed E-state index contributed by atoms with van der Waals surface area (Å²) in [7, 11) is 0. The Morgan fingerprint density at radius 2 is 2.21 bits per heavy atom. The van der Waals surface area contributed by atoms with Crippen molar-refractivity contribution in [2.24, 2.45) is 17.8 Å². The average Bonchev–Trinajstić information content (AvgIpc) is 2.72. The van der Waals surface area contributed by atoms with Crippen LogP contribution >= 0.6 is 0 Å². The van der Waals surface area contributed by atoms with E-state index in [-0.39, 0.29) is 0 Å². The molecule has 2 saturated carbocycles. The number of rotatable bonds is 3. The van der Waals surface area contributed by atoms with Crippen LogP contribution in [0.15, 0.2) is 11.6 Å². The standard InChI is InChI=1S/C13H22O/c1-4-11-5-10-6-12(11)13(7-10)14-8-9(2)3/h4,9-10,12-13H,5-8H2,1-3H3. The van der Waals surface area contributed by atoms with Gasteiger partial charge < -0.3 is 4.74 Å². The molecule has 2 aliphatic carbocycles. The first-order chi connectivity index (χ1) is 6.70. The highest BCUT2D eigenvalue weighted by Crippen LogP contribution is 2.49. The Hall–Kier alpha value is -0.300. The molecule has 2 rings (SSSR count). The van der Waals surface area contributed by atoms with Crippen molar-refractivity contribution in [3.05, 3.63) is 11.6 Å². The van der Waals surface area contributed by atoms with Gasteiger partial charge in [-0.3, -0.25) is 0 Å². The Bertz CT molecular complexity index is 229. The van der Waals surface area contributed by atoms with Crippen molar-refractivity contribution < 1.29 is 4.74 Å². The van der Waals surface area contributed by atoms with Gasteiger partial charge in [0, 0.05) is 12.5 Å². The Morgan fingerprint density at radius 1 is 1.43 bits per heavy atom. The third-order valence-electron chi connectivity index (χ3n) is 3.62. The van der Waals surface area contributed by atoms with E-state index in [0.717, 1.165) is 18.4 Å². The summed E-state index contributed by atoms with van der Waals surface area (Å²) in [5.41, 5.74) is 1.66. The number of ether oxygens (including phenoxy) is 1. The van der Waals surface area contributed by atoms with E-state index in [0.29, 0.717) is 12.0 Å². The lowest BCUT2D eigenvalue weighted by Gasteiger charge is -2.25. The van der Waals surface area contributed by atoms with Crippen LogP contribution in [0.25, 0.3) is 0 Å². The second kappa shape index (κ2) is 4.06. The van der Waals surface area contributed by atoms with E-state index in [1.54, 1.807) is 5.57 Å². The molecule has 2 aliphatic rings. The zero-order valence-corrected chi connectivity index (χ0v) is 9.62. The van der Waals surface area contributed by atoms with Gasteiger partial charge in [0.15, 0.2) is 0 Å². The summed E-state index contributed by atoms with van der Waals surface area (Å²) >= 11 is 0. The molecule has 0 N–H and O–H groups in total. The Labute approximate surface area is 87.5 Å². The lowest BCUT2D eigenvalue weighted by Crippen LogP contribution is -2.24. The lowest BCUT2D eigenvalue weighted by atomic mass is 9.92. The molecule has 0 aromatic carbocycles. The van der Waals surface area contributed by atoms with Crippen LogP contribution in [-0.2, 0) is 4.74 Å². The summed E-state index contributed by atoms with van der Waals surface area (Å²) in [6.07, 6.45) is 6.91. The normalized spacial score (nSPS) is 38.9. The highest BCUT2D eigenvalue weighted by Gasteiger charge is 2.42. The molecule has 3 atom stereocenters. The van der Waals surface area contributed by atoms with Crippen molar-refractivity contribution >= 4 is 0 Å². The predicted molar refractivity (Wildman–Crippen MR) is 59.2 cm³/mol. The topological polar surface area (TPSA) is 9.23 Å². The fourth-order valence-corrected chi connectivity index (χ4v) is 2.97. The number of fused-ring (bicyclic) bond motifs is 2. The smallest absolute Gasteiger partial charge is 0.0643 e. The van der Waals surface area contributed by atoms with Crippen LogP contribution in [0.1, 0.15) is 40.0 Å². The maximum absolute atomic E-state index is 5.99. The third-order valence-corrected chi connectivity index (χ3v) is 3.62. The summed E-state index contributed by atoms with van der Waals surface area (Å²) in [5, 5.41) is 0. The molecule has 1 heteroatoms. The lowest BCUT2D eigenvalue weighted by molar-refractivity contribution is 0.0144. The molecule has 14 heavy (non-hydrogen) atoms. The van der Waals surface area contributed by atoms with E-state index in [2.05, 4.69) is 26.8 Å². The van der Waals surface area contributed by atoms with Gasteiger partial charge in [0.1, 0.15) is 0 Å². The molecular formula is C13H22O. The van der Waals surface area contributed by atoms with Gasteiger partial charge in [-0.15, -0.1) is 0 Å². The average molecular weight is 194 g/mol. The van der Waals surface area contributed by atoms with Gasteiger partial charge in [-0.1, -0.05) is 25.5 Å². The molecule has 80 valence electrons. The summed E-state index contributed by atoms with van der Waals surface area (Å²) in [5.74, 6) is 2.37. The van der Waals surface area contributed by atoms with E-state index in [4.69, 9.17) is 4.74 Å². The van der Waals surface area contributed by atoms with Crippen LogP contribution in [0, 0.1) is 17.8 Å². The Kier molecular flexibility index (Phi) is 2.96. The maximum atomic E-state index is 5.99. The second-order valence-corrected chi connectivity index (χ2v) is 5.28. The highest BCUT2D eigenvalue weighted by molar-refractivity contribution is 5.18. The molecule has 0 radical (unpaired) electrons. The van der Waals surface area contributed by atoms with Gasteiger partial charge in [0.25, 0.3) is 0 Å². The molecular weight excluding hydrogens is 172 g/mol. The Balaban J connectivity index is 1.90. The van der Waals surface area contributed by atoms with Gasteiger partial charge >= 0.3 is 0 Å². The molecule has 2 fully saturated rings. The summed E-state index contributed by atoms with van der Waals surface area (Å²) < 4.78 is 5.99. The van der Waals surface area contributed by atoms with Crippen LogP contribution in [-0.4, -0.2) is 12.7 Å². The van der Waals surface area contributed by atoms with Crippen LogP contribution in [0.2, 0.25) is 0 Å². The minimum atomic E-state index is 0.544.